The quantitative estimate of drug-likeness (QED) is 0.172. The van der Waals surface area contributed by atoms with E-state index in [0.29, 0.717) is 16.5 Å². The van der Waals surface area contributed by atoms with Crippen LogP contribution < -0.4 is 5.14 Å². The van der Waals surface area contributed by atoms with Gasteiger partial charge >= 0.3 is 5.97 Å². The number of aliphatic hydroxyl groups is 1. The SMILES string of the molecule is CCOC(=O)c1csc(-c2cc(-c3cccc(C#CC(O)C(C)C)c3)n(Cc3ccc(S(N)(=O)=O)c(F)c3)c2CC2CC2)n1. The van der Waals surface area contributed by atoms with Crippen LogP contribution in [-0.4, -0.2) is 41.8 Å². The maximum atomic E-state index is 14.9. The number of aliphatic hydroxyl groups excluding tert-OH is 1. The molecule has 5 rings (SSSR count). The van der Waals surface area contributed by atoms with Crippen molar-refractivity contribution in [3.05, 3.63) is 82.2 Å². The van der Waals surface area contributed by atoms with Gasteiger partial charge in [0.2, 0.25) is 10.0 Å². The molecule has 2 aromatic carbocycles. The van der Waals surface area contributed by atoms with Gasteiger partial charge in [-0.3, -0.25) is 0 Å². The molecular formula is C33H34FN3O5S2. The van der Waals surface area contributed by atoms with E-state index in [4.69, 9.17) is 9.88 Å². The average molecular weight is 636 g/mol. The number of hydrogen-bond acceptors (Lipinski definition) is 7. The van der Waals surface area contributed by atoms with E-state index in [2.05, 4.69) is 21.4 Å². The summed E-state index contributed by atoms with van der Waals surface area (Å²) >= 11 is 1.35. The van der Waals surface area contributed by atoms with Gasteiger partial charge in [-0.05, 0) is 79.5 Å². The number of esters is 1. The highest BCUT2D eigenvalue weighted by molar-refractivity contribution is 7.89. The summed E-state index contributed by atoms with van der Waals surface area (Å²) in [4.78, 5) is 16.5. The van der Waals surface area contributed by atoms with Crippen molar-refractivity contribution in [2.24, 2.45) is 17.0 Å². The monoisotopic (exact) mass is 635 g/mol. The van der Waals surface area contributed by atoms with Gasteiger partial charge in [0.25, 0.3) is 0 Å². The average Bonchev–Trinajstić information content (AvgIpc) is 3.53. The molecule has 0 spiro atoms. The third kappa shape index (κ3) is 7.27. The molecule has 0 bridgehead atoms. The van der Waals surface area contributed by atoms with Crippen LogP contribution in [0.1, 0.15) is 60.9 Å². The van der Waals surface area contributed by atoms with Crippen LogP contribution in [0.25, 0.3) is 21.8 Å². The molecule has 2 aromatic heterocycles. The predicted molar refractivity (Wildman–Crippen MR) is 168 cm³/mol. The zero-order valence-electron chi connectivity index (χ0n) is 24.7. The predicted octanol–water partition coefficient (Wildman–Crippen LogP) is 5.61. The Morgan fingerprint density at radius 1 is 1.23 bits per heavy atom. The second-order valence-corrected chi connectivity index (χ2v) is 13.6. The van der Waals surface area contributed by atoms with Crippen LogP contribution in [0, 0.1) is 29.5 Å². The number of nitrogens with zero attached hydrogens (tertiary/aromatic N) is 2. The minimum Gasteiger partial charge on any atom is -0.461 e. The molecule has 0 amide bonds. The summed E-state index contributed by atoms with van der Waals surface area (Å²) < 4.78 is 45.8. The number of hydrogen-bond donors (Lipinski definition) is 2. The van der Waals surface area contributed by atoms with Gasteiger partial charge in [0.05, 0.1) is 6.61 Å². The topological polar surface area (TPSA) is 125 Å². The number of benzene rings is 2. The largest absolute Gasteiger partial charge is 0.461 e. The number of sulfonamides is 1. The van der Waals surface area contributed by atoms with Gasteiger partial charge < -0.3 is 14.4 Å². The Hall–Kier alpha value is -3.82. The smallest absolute Gasteiger partial charge is 0.357 e. The maximum Gasteiger partial charge on any atom is 0.357 e. The molecule has 1 atom stereocenters. The molecule has 0 aliphatic heterocycles. The van der Waals surface area contributed by atoms with Gasteiger partial charge in [0.1, 0.15) is 21.8 Å². The van der Waals surface area contributed by atoms with Crippen LogP contribution >= 0.6 is 11.3 Å². The first-order valence-electron chi connectivity index (χ1n) is 14.4. The zero-order chi connectivity index (χ0) is 31.6. The van der Waals surface area contributed by atoms with Crippen LogP contribution in [-0.2, 0) is 27.7 Å². The number of aromatic nitrogens is 2. The normalized spacial score (nSPS) is 13.9. The lowest BCUT2D eigenvalue weighted by Crippen LogP contribution is -2.14. The van der Waals surface area contributed by atoms with E-state index >= 15 is 0 Å². The van der Waals surface area contributed by atoms with Gasteiger partial charge in [-0.2, -0.15) is 0 Å². The van der Waals surface area contributed by atoms with Crippen LogP contribution in [0.15, 0.2) is 58.8 Å². The van der Waals surface area contributed by atoms with Crippen molar-refractivity contribution < 1.29 is 27.4 Å². The molecule has 0 radical (unpaired) electrons. The number of carbonyl (C=O) groups is 1. The third-order valence-electron chi connectivity index (χ3n) is 7.40. The van der Waals surface area contributed by atoms with Crippen molar-refractivity contribution in [2.75, 3.05) is 6.61 Å². The number of rotatable bonds is 10. The summed E-state index contributed by atoms with van der Waals surface area (Å²) in [5.74, 6) is 5.04. The number of carbonyl (C=O) groups excluding carboxylic acids is 1. The molecule has 4 aromatic rings. The fraction of sp³-hybridized carbons (Fsp3) is 0.333. The van der Waals surface area contributed by atoms with Gasteiger partial charge in [-0.1, -0.05) is 43.9 Å². The molecule has 0 saturated heterocycles. The van der Waals surface area contributed by atoms with E-state index < -0.39 is 32.8 Å². The number of nitrogens with two attached hydrogens (primary N) is 1. The molecule has 44 heavy (non-hydrogen) atoms. The van der Waals surface area contributed by atoms with Crippen molar-refractivity contribution in [3.63, 3.8) is 0 Å². The second kappa shape index (κ2) is 13.0. The van der Waals surface area contributed by atoms with E-state index in [1.165, 1.54) is 23.5 Å². The van der Waals surface area contributed by atoms with E-state index in [1.807, 2.05) is 44.2 Å². The lowest BCUT2D eigenvalue weighted by Gasteiger charge is -2.16. The van der Waals surface area contributed by atoms with Gasteiger partial charge in [0, 0.05) is 34.4 Å². The maximum absolute atomic E-state index is 14.9. The van der Waals surface area contributed by atoms with Crippen LogP contribution in [0.3, 0.4) is 0 Å². The summed E-state index contributed by atoms with van der Waals surface area (Å²) in [6.45, 7) is 6.03. The number of ether oxygens (including phenoxy) is 1. The van der Waals surface area contributed by atoms with Gasteiger partial charge in [-0.25, -0.2) is 27.7 Å². The molecule has 1 unspecified atom stereocenters. The lowest BCUT2D eigenvalue weighted by atomic mass is 10.1. The Kier molecular flexibility index (Phi) is 9.37. The molecule has 11 heteroatoms. The lowest BCUT2D eigenvalue weighted by molar-refractivity contribution is 0.0520. The second-order valence-electron chi connectivity index (χ2n) is 11.2. The van der Waals surface area contributed by atoms with Crippen molar-refractivity contribution in [1.29, 1.82) is 0 Å². The highest BCUT2D eigenvalue weighted by atomic mass is 32.2. The first-order valence-corrected chi connectivity index (χ1v) is 16.8. The molecular weight excluding hydrogens is 602 g/mol. The minimum atomic E-state index is -4.21. The van der Waals surface area contributed by atoms with Crippen molar-refractivity contribution in [2.45, 2.75) is 57.6 Å². The van der Waals surface area contributed by atoms with Gasteiger partial charge in [0.15, 0.2) is 5.69 Å². The van der Waals surface area contributed by atoms with Crippen molar-refractivity contribution in [3.8, 4) is 33.7 Å². The highest BCUT2D eigenvalue weighted by Gasteiger charge is 2.28. The third-order valence-corrected chi connectivity index (χ3v) is 9.22. The molecule has 8 nitrogen and oxygen atoms in total. The zero-order valence-corrected chi connectivity index (χ0v) is 26.3. The van der Waals surface area contributed by atoms with Crippen LogP contribution in [0.2, 0.25) is 0 Å². The molecule has 3 N–H and O–H groups in total. The standard InChI is InChI=1S/C33H34FN3O5S2/c1-4-42-33(39)27-19-43-32(36-27)25-17-28(24-7-5-6-21(14-24)10-12-30(38)20(2)3)37(29(25)16-22-8-9-22)18-23-11-13-31(26(34)15-23)44(35,40)41/h5-7,11,13-15,17,19-20,22,30,38H,4,8-9,16,18H2,1-3H3,(H2,35,40,41). The molecule has 1 aliphatic rings. The summed E-state index contributed by atoms with van der Waals surface area (Å²) in [7, 11) is -4.21. The Balaban J connectivity index is 1.65. The number of primary sulfonamides is 1. The Morgan fingerprint density at radius 2 is 2.00 bits per heavy atom. The summed E-state index contributed by atoms with van der Waals surface area (Å²) in [6, 6.07) is 13.6. The molecule has 1 fully saturated rings. The summed E-state index contributed by atoms with van der Waals surface area (Å²) in [5.41, 5.74) is 5.03. The molecule has 1 aliphatic carbocycles. The van der Waals surface area contributed by atoms with E-state index in [9.17, 15) is 22.7 Å². The highest BCUT2D eigenvalue weighted by Crippen LogP contribution is 2.41. The molecule has 230 valence electrons. The van der Waals surface area contributed by atoms with Crippen LogP contribution in [0.5, 0.6) is 0 Å². The first-order chi connectivity index (χ1) is 20.9. The fourth-order valence-electron chi connectivity index (χ4n) is 4.84. The fourth-order valence-corrected chi connectivity index (χ4v) is 6.26. The van der Waals surface area contributed by atoms with E-state index in [0.717, 1.165) is 47.3 Å². The number of halogens is 1. The Morgan fingerprint density at radius 3 is 2.66 bits per heavy atom. The molecule has 2 heterocycles. The Bertz CT molecular complexity index is 1860. The summed E-state index contributed by atoms with van der Waals surface area (Å²) in [6.07, 6.45) is 2.18. The van der Waals surface area contributed by atoms with Crippen molar-refractivity contribution >= 4 is 27.3 Å². The minimum absolute atomic E-state index is 0.00529. The summed E-state index contributed by atoms with van der Waals surface area (Å²) in [5, 5.41) is 17.7. The number of thiazole rings is 1. The van der Waals surface area contributed by atoms with E-state index in [-0.39, 0.29) is 24.8 Å². The van der Waals surface area contributed by atoms with Crippen molar-refractivity contribution in [1.82, 2.24) is 9.55 Å². The Labute approximate surface area is 260 Å². The van der Waals surface area contributed by atoms with Crippen LogP contribution in [0.4, 0.5) is 4.39 Å². The van der Waals surface area contributed by atoms with E-state index in [1.54, 1.807) is 18.4 Å². The molecule has 1 saturated carbocycles. The van der Waals surface area contributed by atoms with Gasteiger partial charge in [-0.15, -0.1) is 11.3 Å². The first kappa shape index (κ1) is 31.6.